The highest BCUT2D eigenvalue weighted by molar-refractivity contribution is 6.29. The van der Waals surface area contributed by atoms with Crippen LogP contribution in [0.4, 0.5) is 0 Å². The molecule has 6 heteroatoms. The second-order valence-electron chi connectivity index (χ2n) is 5.20. The molecule has 5 nitrogen and oxygen atoms in total. The number of halogens is 1. The lowest BCUT2D eigenvalue weighted by Gasteiger charge is -2.15. The predicted molar refractivity (Wildman–Crippen MR) is 88.8 cm³/mol. The highest BCUT2D eigenvalue weighted by atomic mass is 35.5. The van der Waals surface area contributed by atoms with E-state index in [9.17, 15) is 9.59 Å². The van der Waals surface area contributed by atoms with Crippen molar-refractivity contribution in [1.29, 1.82) is 0 Å². The van der Waals surface area contributed by atoms with Crippen molar-refractivity contribution in [3.05, 3.63) is 64.9 Å². The van der Waals surface area contributed by atoms with E-state index < -0.39 is 11.9 Å². The van der Waals surface area contributed by atoms with Crippen LogP contribution in [0.1, 0.15) is 17.5 Å². The normalized spacial score (nSPS) is 11.7. The van der Waals surface area contributed by atoms with Crippen LogP contribution in [0.3, 0.4) is 0 Å². The molecule has 0 radical (unpaired) electrons. The molecule has 1 atom stereocenters. The number of amides is 2. The Labute approximate surface area is 139 Å². The lowest BCUT2D eigenvalue weighted by atomic mass is 10.1. The van der Waals surface area contributed by atoms with Crippen molar-refractivity contribution in [1.82, 2.24) is 10.3 Å². The van der Waals surface area contributed by atoms with Crippen molar-refractivity contribution in [2.75, 3.05) is 0 Å². The van der Waals surface area contributed by atoms with Crippen LogP contribution in [0.15, 0.2) is 48.7 Å². The number of pyridine rings is 1. The fourth-order valence-electron chi connectivity index (χ4n) is 2.15. The van der Waals surface area contributed by atoms with Gasteiger partial charge in [0.25, 0.3) is 0 Å². The molecule has 2 aromatic rings. The van der Waals surface area contributed by atoms with Crippen LogP contribution in [0.5, 0.6) is 0 Å². The van der Waals surface area contributed by atoms with Crippen LogP contribution < -0.4 is 11.1 Å². The van der Waals surface area contributed by atoms with Crippen molar-refractivity contribution in [2.24, 2.45) is 5.73 Å². The second kappa shape index (κ2) is 8.29. The zero-order valence-corrected chi connectivity index (χ0v) is 13.3. The van der Waals surface area contributed by atoms with Crippen molar-refractivity contribution in [3.63, 3.8) is 0 Å². The molecule has 0 aliphatic rings. The minimum absolute atomic E-state index is 0.209. The number of hydrogen-bond donors (Lipinski definition) is 2. The number of carbonyl (C=O) groups is 2. The first-order valence-corrected chi connectivity index (χ1v) is 7.65. The number of benzene rings is 1. The van der Waals surface area contributed by atoms with Gasteiger partial charge in [0.1, 0.15) is 11.2 Å². The van der Waals surface area contributed by atoms with Gasteiger partial charge < -0.3 is 11.1 Å². The summed E-state index contributed by atoms with van der Waals surface area (Å²) in [6.07, 6.45) is 2.76. The zero-order valence-electron chi connectivity index (χ0n) is 12.5. The van der Waals surface area contributed by atoms with Crippen LogP contribution in [-0.2, 0) is 22.4 Å². The molecule has 0 spiro atoms. The standard InChI is InChI=1S/C17H18ClN3O2/c18-15-8-6-13(11-20-15)10-14(17(19)23)21-16(22)9-7-12-4-2-1-3-5-12/h1-6,8,11,14H,7,9-10H2,(H2,19,23)(H,21,22)/t14-/m1/s1. The molecule has 0 aliphatic carbocycles. The first-order valence-electron chi connectivity index (χ1n) is 7.27. The quantitative estimate of drug-likeness (QED) is 0.760. The third-order valence-electron chi connectivity index (χ3n) is 3.39. The highest BCUT2D eigenvalue weighted by Gasteiger charge is 2.18. The topological polar surface area (TPSA) is 85.1 Å². The Bertz CT molecular complexity index is 659. The van der Waals surface area contributed by atoms with E-state index in [1.54, 1.807) is 18.3 Å². The summed E-state index contributed by atoms with van der Waals surface area (Å²) in [6.45, 7) is 0. The monoisotopic (exact) mass is 331 g/mol. The number of nitrogens with zero attached hydrogens (tertiary/aromatic N) is 1. The Balaban J connectivity index is 1.89. The third kappa shape index (κ3) is 5.71. The fourth-order valence-corrected chi connectivity index (χ4v) is 2.27. The first kappa shape index (κ1) is 17.0. The van der Waals surface area contributed by atoms with E-state index in [0.29, 0.717) is 18.0 Å². The molecule has 0 saturated heterocycles. The molecular weight excluding hydrogens is 314 g/mol. The smallest absolute Gasteiger partial charge is 0.240 e. The molecule has 120 valence electrons. The summed E-state index contributed by atoms with van der Waals surface area (Å²) < 4.78 is 0. The zero-order chi connectivity index (χ0) is 16.7. The van der Waals surface area contributed by atoms with Crippen LogP contribution in [-0.4, -0.2) is 22.8 Å². The fraction of sp³-hybridized carbons (Fsp3) is 0.235. The Hall–Kier alpha value is -2.40. The lowest BCUT2D eigenvalue weighted by molar-refractivity contribution is -0.127. The molecule has 2 rings (SSSR count). The van der Waals surface area contributed by atoms with E-state index in [0.717, 1.165) is 11.1 Å². The average Bonchev–Trinajstić information content (AvgIpc) is 2.55. The molecule has 2 amide bonds. The molecule has 0 bridgehead atoms. The van der Waals surface area contributed by atoms with Gasteiger partial charge in [-0.25, -0.2) is 4.98 Å². The second-order valence-corrected chi connectivity index (χ2v) is 5.59. The number of aryl methyl sites for hydroxylation is 1. The average molecular weight is 332 g/mol. The molecule has 1 aromatic carbocycles. The van der Waals surface area contributed by atoms with E-state index in [1.165, 1.54) is 0 Å². The van der Waals surface area contributed by atoms with Crippen LogP contribution >= 0.6 is 11.6 Å². The van der Waals surface area contributed by atoms with E-state index in [4.69, 9.17) is 17.3 Å². The largest absolute Gasteiger partial charge is 0.368 e. The first-order chi connectivity index (χ1) is 11.0. The van der Waals surface area contributed by atoms with Gasteiger partial charge in [-0.2, -0.15) is 0 Å². The number of primary amides is 1. The number of nitrogens with one attached hydrogen (secondary N) is 1. The summed E-state index contributed by atoms with van der Waals surface area (Å²) in [6, 6.07) is 12.3. The molecule has 0 saturated carbocycles. The van der Waals surface area contributed by atoms with Gasteiger partial charge in [0.05, 0.1) is 0 Å². The van der Waals surface area contributed by atoms with E-state index in [-0.39, 0.29) is 12.3 Å². The summed E-state index contributed by atoms with van der Waals surface area (Å²) in [4.78, 5) is 27.5. The van der Waals surface area contributed by atoms with Crippen molar-refractivity contribution < 1.29 is 9.59 Å². The van der Waals surface area contributed by atoms with Crippen molar-refractivity contribution in [2.45, 2.75) is 25.3 Å². The molecule has 1 aromatic heterocycles. The number of rotatable bonds is 7. The summed E-state index contributed by atoms with van der Waals surface area (Å²) >= 11 is 5.72. The minimum atomic E-state index is -0.763. The highest BCUT2D eigenvalue weighted by Crippen LogP contribution is 2.08. The Morgan fingerprint density at radius 1 is 1.13 bits per heavy atom. The maximum absolute atomic E-state index is 12.0. The molecule has 3 N–H and O–H groups in total. The molecule has 1 heterocycles. The van der Waals surface area contributed by atoms with Gasteiger partial charge in [0.15, 0.2) is 0 Å². The van der Waals surface area contributed by atoms with Gasteiger partial charge in [-0.15, -0.1) is 0 Å². The molecular formula is C17H18ClN3O2. The summed E-state index contributed by atoms with van der Waals surface area (Å²) in [5.41, 5.74) is 7.22. The van der Waals surface area contributed by atoms with Gasteiger partial charge in [-0.3, -0.25) is 9.59 Å². The Morgan fingerprint density at radius 3 is 2.48 bits per heavy atom. The van der Waals surface area contributed by atoms with Crippen molar-refractivity contribution >= 4 is 23.4 Å². The SMILES string of the molecule is NC(=O)[C@@H](Cc1ccc(Cl)nc1)NC(=O)CCc1ccccc1. The maximum atomic E-state index is 12.0. The third-order valence-corrected chi connectivity index (χ3v) is 3.61. The summed E-state index contributed by atoms with van der Waals surface area (Å²) in [5, 5.41) is 3.05. The molecule has 0 fully saturated rings. The minimum Gasteiger partial charge on any atom is -0.368 e. The number of hydrogen-bond acceptors (Lipinski definition) is 3. The summed E-state index contributed by atoms with van der Waals surface area (Å²) in [7, 11) is 0. The lowest BCUT2D eigenvalue weighted by Crippen LogP contribution is -2.45. The molecule has 0 aliphatic heterocycles. The summed E-state index contributed by atoms with van der Waals surface area (Å²) in [5.74, 6) is -0.785. The Morgan fingerprint density at radius 2 is 1.87 bits per heavy atom. The van der Waals surface area contributed by atoms with Gasteiger partial charge in [0.2, 0.25) is 11.8 Å². The van der Waals surface area contributed by atoms with E-state index in [2.05, 4.69) is 10.3 Å². The molecule has 23 heavy (non-hydrogen) atoms. The van der Waals surface area contributed by atoms with Gasteiger partial charge in [0, 0.05) is 19.0 Å². The van der Waals surface area contributed by atoms with Gasteiger partial charge >= 0.3 is 0 Å². The van der Waals surface area contributed by atoms with Crippen LogP contribution in [0.2, 0.25) is 5.15 Å². The van der Waals surface area contributed by atoms with E-state index in [1.807, 2.05) is 30.3 Å². The molecule has 0 unspecified atom stereocenters. The van der Waals surface area contributed by atoms with Gasteiger partial charge in [-0.05, 0) is 23.6 Å². The van der Waals surface area contributed by atoms with E-state index >= 15 is 0 Å². The van der Waals surface area contributed by atoms with Gasteiger partial charge in [-0.1, -0.05) is 48.0 Å². The Kier molecular flexibility index (Phi) is 6.11. The van der Waals surface area contributed by atoms with Crippen LogP contribution in [0, 0.1) is 0 Å². The number of nitrogens with two attached hydrogens (primary N) is 1. The predicted octanol–water partition coefficient (Wildman–Crippen LogP) is 1.88. The maximum Gasteiger partial charge on any atom is 0.240 e. The van der Waals surface area contributed by atoms with Crippen molar-refractivity contribution in [3.8, 4) is 0 Å². The number of aromatic nitrogens is 1. The number of carbonyl (C=O) groups excluding carboxylic acids is 2. The van der Waals surface area contributed by atoms with Crippen LogP contribution in [0.25, 0.3) is 0 Å².